The predicted octanol–water partition coefficient (Wildman–Crippen LogP) is 4.98. The highest BCUT2D eigenvalue weighted by Gasteiger charge is 2.36. The second kappa shape index (κ2) is 9.23. The van der Waals surface area contributed by atoms with Gasteiger partial charge in [0.2, 0.25) is 5.91 Å². The number of hydrogen-bond donors (Lipinski definition) is 2. The van der Waals surface area contributed by atoms with Crippen molar-refractivity contribution in [3.63, 3.8) is 0 Å². The normalized spacial score (nSPS) is 15.4. The Balaban J connectivity index is 1.70. The third-order valence-electron chi connectivity index (χ3n) is 5.92. The summed E-state index contributed by atoms with van der Waals surface area (Å²) >= 11 is 6.31. The predicted molar refractivity (Wildman–Crippen MR) is 131 cm³/mol. The molecule has 1 atom stereocenters. The number of furan rings is 1. The molecule has 0 aliphatic carbocycles. The number of H-pyrrole nitrogens is 1. The topological polar surface area (TPSA) is 116 Å². The molecule has 2 N–H and O–H groups in total. The zero-order valence-corrected chi connectivity index (χ0v) is 19.2. The first kappa shape index (κ1) is 22.6. The smallest absolute Gasteiger partial charge is 0.303 e. The number of rotatable bonds is 6. The van der Waals surface area contributed by atoms with Gasteiger partial charge in [-0.05, 0) is 35.9 Å². The summed E-state index contributed by atoms with van der Waals surface area (Å²) in [5.74, 6) is -1.05. The first-order valence-corrected chi connectivity index (χ1v) is 11.4. The van der Waals surface area contributed by atoms with Gasteiger partial charge in [0.25, 0.3) is 5.56 Å². The van der Waals surface area contributed by atoms with Crippen LogP contribution in [0.15, 0.2) is 81.2 Å². The van der Waals surface area contributed by atoms with Crippen LogP contribution in [0.25, 0.3) is 22.0 Å². The second-order valence-electron chi connectivity index (χ2n) is 8.17. The van der Waals surface area contributed by atoms with Crippen LogP contribution in [-0.4, -0.2) is 32.7 Å². The molecule has 5 rings (SSSR count). The SMILES string of the molecule is O=C(O)CCC(=O)N1N=C(c2c(-c3ccccc3)c3cc(Cl)ccc3[nH]c2=O)C[C@@H]1c1ccco1. The number of fused-ring (bicyclic) bond motifs is 1. The number of hydrazone groups is 1. The van der Waals surface area contributed by atoms with Crippen molar-refractivity contribution in [2.24, 2.45) is 5.10 Å². The molecule has 176 valence electrons. The van der Waals surface area contributed by atoms with E-state index in [9.17, 15) is 14.4 Å². The molecule has 4 aromatic rings. The van der Waals surface area contributed by atoms with E-state index in [4.69, 9.17) is 21.1 Å². The number of carboxylic acid groups (broad SMARTS) is 1. The van der Waals surface area contributed by atoms with Gasteiger partial charge in [-0.3, -0.25) is 14.4 Å². The van der Waals surface area contributed by atoms with Crippen LogP contribution in [0.5, 0.6) is 0 Å². The van der Waals surface area contributed by atoms with Crippen LogP contribution in [-0.2, 0) is 9.59 Å². The number of benzene rings is 2. The van der Waals surface area contributed by atoms with E-state index in [-0.39, 0.29) is 24.8 Å². The van der Waals surface area contributed by atoms with E-state index >= 15 is 0 Å². The molecule has 0 radical (unpaired) electrons. The number of nitrogens with zero attached hydrogens (tertiary/aromatic N) is 2. The highest BCUT2D eigenvalue weighted by molar-refractivity contribution is 6.31. The molecule has 35 heavy (non-hydrogen) atoms. The molecule has 3 heterocycles. The fourth-order valence-corrected chi connectivity index (χ4v) is 4.54. The highest BCUT2D eigenvalue weighted by atomic mass is 35.5. The van der Waals surface area contributed by atoms with Gasteiger partial charge in [-0.2, -0.15) is 5.10 Å². The zero-order chi connectivity index (χ0) is 24.5. The minimum atomic E-state index is -1.08. The molecule has 0 spiro atoms. The van der Waals surface area contributed by atoms with E-state index in [0.29, 0.717) is 33.1 Å². The Hall–Kier alpha value is -4.17. The van der Waals surface area contributed by atoms with Gasteiger partial charge >= 0.3 is 5.97 Å². The molecular formula is C26H20ClN3O5. The van der Waals surface area contributed by atoms with Gasteiger partial charge in [0.05, 0.1) is 24.0 Å². The third-order valence-corrected chi connectivity index (χ3v) is 6.15. The van der Waals surface area contributed by atoms with Gasteiger partial charge in [0, 0.05) is 34.3 Å². The molecule has 1 aliphatic heterocycles. The van der Waals surface area contributed by atoms with Crippen LogP contribution < -0.4 is 5.56 Å². The lowest BCUT2D eigenvalue weighted by Gasteiger charge is -2.19. The van der Waals surface area contributed by atoms with Crippen LogP contribution in [0.2, 0.25) is 5.02 Å². The van der Waals surface area contributed by atoms with Crippen LogP contribution in [0.4, 0.5) is 0 Å². The number of aromatic nitrogens is 1. The van der Waals surface area contributed by atoms with Crippen molar-refractivity contribution in [3.8, 4) is 11.1 Å². The lowest BCUT2D eigenvalue weighted by molar-refractivity contribution is -0.141. The molecule has 0 fully saturated rings. The Morgan fingerprint density at radius 2 is 1.89 bits per heavy atom. The van der Waals surface area contributed by atoms with E-state index in [1.165, 1.54) is 11.3 Å². The van der Waals surface area contributed by atoms with Crippen molar-refractivity contribution in [1.29, 1.82) is 0 Å². The fraction of sp³-hybridized carbons (Fsp3) is 0.154. The molecule has 2 aromatic heterocycles. The van der Waals surface area contributed by atoms with Gasteiger partial charge in [-0.1, -0.05) is 41.9 Å². The van der Waals surface area contributed by atoms with Crippen molar-refractivity contribution < 1.29 is 19.1 Å². The first-order valence-electron chi connectivity index (χ1n) is 11.0. The average molecular weight is 490 g/mol. The van der Waals surface area contributed by atoms with Gasteiger partial charge < -0.3 is 14.5 Å². The van der Waals surface area contributed by atoms with Crippen molar-refractivity contribution in [2.75, 3.05) is 0 Å². The summed E-state index contributed by atoms with van der Waals surface area (Å²) in [4.78, 5) is 40.3. The van der Waals surface area contributed by atoms with Gasteiger partial charge in [0.1, 0.15) is 11.8 Å². The molecule has 2 aromatic carbocycles. The van der Waals surface area contributed by atoms with Crippen LogP contribution in [0.1, 0.15) is 36.6 Å². The number of carbonyl (C=O) groups is 2. The molecule has 0 unspecified atom stereocenters. The molecule has 8 nitrogen and oxygen atoms in total. The zero-order valence-electron chi connectivity index (χ0n) is 18.4. The largest absolute Gasteiger partial charge is 0.481 e. The lowest BCUT2D eigenvalue weighted by Crippen LogP contribution is -2.27. The van der Waals surface area contributed by atoms with Crippen LogP contribution in [0, 0.1) is 0 Å². The summed E-state index contributed by atoms with van der Waals surface area (Å²) in [6.45, 7) is 0. The van der Waals surface area contributed by atoms with Crippen LogP contribution in [0.3, 0.4) is 0 Å². The standard InChI is InChI=1S/C26H20ClN3O5/c27-16-8-9-18-17(13-16)24(15-5-2-1-3-6-15)25(26(34)28-18)19-14-20(21-7-4-12-35-21)30(29-19)22(31)10-11-23(32)33/h1-9,12-13,20H,10-11,14H2,(H,28,34)(H,32,33)/t20-/m1/s1. The first-order chi connectivity index (χ1) is 16.9. The Kier molecular flexibility index (Phi) is 5.96. The lowest BCUT2D eigenvalue weighted by atomic mass is 9.92. The molecule has 0 saturated heterocycles. The third kappa shape index (κ3) is 4.36. The highest BCUT2D eigenvalue weighted by Crippen LogP contribution is 2.37. The Morgan fingerprint density at radius 3 is 2.60 bits per heavy atom. The number of halogens is 1. The summed E-state index contributed by atoms with van der Waals surface area (Å²) in [6, 6.07) is 17.5. The number of aliphatic carboxylic acids is 1. The average Bonchev–Trinajstić information content (AvgIpc) is 3.53. The summed E-state index contributed by atoms with van der Waals surface area (Å²) in [5, 5.41) is 16.1. The maximum absolute atomic E-state index is 13.4. The number of amides is 1. The van der Waals surface area contributed by atoms with Crippen molar-refractivity contribution in [2.45, 2.75) is 25.3 Å². The summed E-state index contributed by atoms with van der Waals surface area (Å²) in [5.41, 5.74) is 2.46. The maximum atomic E-state index is 13.4. The summed E-state index contributed by atoms with van der Waals surface area (Å²) in [7, 11) is 0. The molecule has 1 amide bonds. The summed E-state index contributed by atoms with van der Waals surface area (Å²) < 4.78 is 5.55. The fourth-order valence-electron chi connectivity index (χ4n) is 4.37. The molecule has 1 aliphatic rings. The monoisotopic (exact) mass is 489 g/mol. The number of carbonyl (C=O) groups excluding carboxylic acids is 1. The van der Waals surface area contributed by atoms with Gasteiger partial charge in [-0.15, -0.1) is 0 Å². The minimum Gasteiger partial charge on any atom is -0.481 e. The number of pyridine rings is 1. The Morgan fingerprint density at radius 1 is 1.09 bits per heavy atom. The number of hydrogen-bond acceptors (Lipinski definition) is 5. The molecular weight excluding hydrogens is 470 g/mol. The van der Waals surface area contributed by atoms with Gasteiger partial charge in [-0.25, -0.2) is 5.01 Å². The van der Waals surface area contributed by atoms with E-state index in [0.717, 1.165) is 10.9 Å². The Bertz CT molecular complexity index is 1510. The summed E-state index contributed by atoms with van der Waals surface area (Å²) in [6.07, 6.45) is 1.17. The molecule has 0 saturated carbocycles. The minimum absolute atomic E-state index is 0.224. The van der Waals surface area contributed by atoms with Crippen molar-refractivity contribution in [3.05, 3.63) is 93.6 Å². The molecule has 0 bridgehead atoms. The number of aromatic amines is 1. The van der Waals surface area contributed by atoms with E-state index in [1.807, 2.05) is 30.3 Å². The quantitative estimate of drug-likeness (QED) is 0.396. The number of nitrogens with one attached hydrogen (secondary N) is 1. The number of carboxylic acids is 1. The van der Waals surface area contributed by atoms with Crippen molar-refractivity contribution >= 4 is 40.1 Å². The molecule has 9 heteroatoms. The van der Waals surface area contributed by atoms with Crippen LogP contribution >= 0.6 is 11.6 Å². The second-order valence-corrected chi connectivity index (χ2v) is 8.61. The van der Waals surface area contributed by atoms with Crippen molar-refractivity contribution in [1.82, 2.24) is 9.99 Å². The van der Waals surface area contributed by atoms with E-state index in [1.54, 1.807) is 30.3 Å². The van der Waals surface area contributed by atoms with E-state index < -0.39 is 17.9 Å². The maximum Gasteiger partial charge on any atom is 0.303 e. The van der Waals surface area contributed by atoms with E-state index in [2.05, 4.69) is 10.1 Å². The van der Waals surface area contributed by atoms with Gasteiger partial charge in [0.15, 0.2) is 0 Å². The Labute approximate surface area is 204 Å².